The average Bonchev–Trinajstić information content (AvgIpc) is 3.20. The van der Waals surface area contributed by atoms with Gasteiger partial charge in [-0.3, -0.25) is 0 Å². The van der Waals surface area contributed by atoms with E-state index in [2.05, 4.69) is 18.7 Å². The molecular weight excluding hydrogens is 252 g/mol. The van der Waals surface area contributed by atoms with Crippen molar-refractivity contribution in [1.82, 2.24) is 0 Å². The van der Waals surface area contributed by atoms with E-state index in [1.807, 2.05) is 6.07 Å². The number of carbonyl (C=O) groups is 1. The lowest BCUT2D eigenvalue weighted by Crippen LogP contribution is -2.30. The van der Waals surface area contributed by atoms with E-state index in [0.717, 1.165) is 12.2 Å². The maximum atomic E-state index is 11.7. The Labute approximate surface area is 120 Å². The number of anilines is 2. The van der Waals surface area contributed by atoms with Crippen LogP contribution >= 0.6 is 0 Å². The van der Waals surface area contributed by atoms with Crippen molar-refractivity contribution in [2.24, 2.45) is 5.92 Å². The molecule has 1 aromatic rings. The van der Waals surface area contributed by atoms with E-state index in [9.17, 15) is 4.79 Å². The Bertz CT molecular complexity index is 481. The van der Waals surface area contributed by atoms with Crippen LogP contribution in [0.2, 0.25) is 0 Å². The van der Waals surface area contributed by atoms with Gasteiger partial charge in [-0.1, -0.05) is 13.8 Å². The van der Waals surface area contributed by atoms with Crippen LogP contribution in [0.15, 0.2) is 18.2 Å². The lowest BCUT2D eigenvalue weighted by atomic mass is 10.1. The summed E-state index contributed by atoms with van der Waals surface area (Å²) in [7, 11) is 0. The van der Waals surface area contributed by atoms with Crippen molar-refractivity contribution in [2.45, 2.75) is 39.7 Å². The number of rotatable bonds is 6. The molecule has 0 unspecified atom stereocenters. The predicted molar refractivity (Wildman–Crippen MR) is 82.0 cm³/mol. The largest absolute Gasteiger partial charge is 0.462 e. The number of carbonyl (C=O) groups excluding carboxylic acids is 1. The second kappa shape index (κ2) is 6.16. The smallest absolute Gasteiger partial charge is 0.338 e. The van der Waals surface area contributed by atoms with Gasteiger partial charge in [0, 0.05) is 12.6 Å². The fraction of sp³-hybridized carbons (Fsp3) is 0.562. The molecule has 1 aliphatic rings. The Morgan fingerprint density at radius 1 is 1.45 bits per heavy atom. The number of esters is 1. The molecule has 0 spiro atoms. The first-order chi connectivity index (χ1) is 9.52. The normalized spacial score (nSPS) is 14.4. The van der Waals surface area contributed by atoms with Crippen LogP contribution in [0, 0.1) is 5.92 Å². The summed E-state index contributed by atoms with van der Waals surface area (Å²) in [6.07, 6.45) is 2.46. The van der Waals surface area contributed by atoms with Crippen molar-refractivity contribution < 1.29 is 9.53 Å². The molecule has 4 nitrogen and oxygen atoms in total. The third kappa shape index (κ3) is 3.44. The number of hydrogen-bond donors (Lipinski definition) is 1. The molecule has 0 aromatic heterocycles. The monoisotopic (exact) mass is 276 g/mol. The maximum Gasteiger partial charge on any atom is 0.338 e. The fourth-order valence-corrected chi connectivity index (χ4v) is 2.38. The Balaban J connectivity index is 2.21. The fourth-order valence-electron chi connectivity index (χ4n) is 2.38. The molecule has 0 heterocycles. The number of nitrogen functional groups attached to an aromatic ring is 1. The number of ether oxygens (including phenoxy) is 1. The Kier molecular flexibility index (Phi) is 4.53. The molecule has 1 aliphatic carbocycles. The summed E-state index contributed by atoms with van der Waals surface area (Å²) in [4.78, 5) is 14.1. The van der Waals surface area contributed by atoms with E-state index in [-0.39, 0.29) is 5.97 Å². The molecule has 2 rings (SSSR count). The molecule has 110 valence electrons. The van der Waals surface area contributed by atoms with Crippen LogP contribution in [-0.4, -0.2) is 25.2 Å². The molecule has 1 fully saturated rings. The predicted octanol–water partition coefficient (Wildman–Crippen LogP) is 3.07. The number of nitrogens with two attached hydrogens (primary N) is 1. The van der Waals surface area contributed by atoms with E-state index < -0.39 is 0 Å². The minimum absolute atomic E-state index is 0.312. The van der Waals surface area contributed by atoms with Gasteiger partial charge in [0.2, 0.25) is 0 Å². The van der Waals surface area contributed by atoms with Crippen molar-refractivity contribution in [3.05, 3.63) is 23.8 Å². The summed E-state index contributed by atoms with van der Waals surface area (Å²) in [6, 6.07) is 6.08. The van der Waals surface area contributed by atoms with Gasteiger partial charge in [0.15, 0.2) is 0 Å². The molecule has 20 heavy (non-hydrogen) atoms. The van der Waals surface area contributed by atoms with Gasteiger partial charge in [0.25, 0.3) is 0 Å². The molecular formula is C16H24N2O2. The van der Waals surface area contributed by atoms with Crippen molar-refractivity contribution >= 4 is 17.3 Å². The summed E-state index contributed by atoms with van der Waals surface area (Å²) >= 11 is 0. The minimum atomic E-state index is -0.312. The summed E-state index contributed by atoms with van der Waals surface area (Å²) in [5.41, 5.74) is 8.36. The van der Waals surface area contributed by atoms with Crippen molar-refractivity contribution in [3.8, 4) is 0 Å². The first-order valence-corrected chi connectivity index (χ1v) is 7.36. The lowest BCUT2D eigenvalue weighted by molar-refractivity contribution is 0.0526. The van der Waals surface area contributed by atoms with E-state index >= 15 is 0 Å². The van der Waals surface area contributed by atoms with Gasteiger partial charge in [-0.2, -0.15) is 0 Å². The van der Waals surface area contributed by atoms with Crippen molar-refractivity contribution in [3.63, 3.8) is 0 Å². The lowest BCUT2D eigenvalue weighted by Gasteiger charge is -2.28. The van der Waals surface area contributed by atoms with Gasteiger partial charge in [-0.05, 0) is 43.9 Å². The first kappa shape index (κ1) is 14.7. The van der Waals surface area contributed by atoms with Crippen LogP contribution in [-0.2, 0) is 4.74 Å². The molecule has 0 atom stereocenters. The minimum Gasteiger partial charge on any atom is -0.462 e. The zero-order valence-corrected chi connectivity index (χ0v) is 12.6. The van der Waals surface area contributed by atoms with E-state index in [1.165, 1.54) is 12.8 Å². The highest BCUT2D eigenvalue weighted by Crippen LogP contribution is 2.35. The van der Waals surface area contributed by atoms with Crippen molar-refractivity contribution in [2.75, 3.05) is 23.8 Å². The highest BCUT2D eigenvalue weighted by Gasteiger charge is 2.30. The van der Waals surface area contributed by atoms with Gasteiger partial charge in [-0.25, -0.2) is 4.79 Å². The maximum absolute atomic E-state index is 11.7. The highest BCUT2D eigenvalue weighted by molar-refractivity contribution is 5.92. The second-order valence-corrected chi connectivity index (χ2v) is 5.77. The Morgan fingerprint density at radius 3 is 2.65 bits per heavy atom. The highest BCUT2D eigenvalue weighted by atomic mass is 16.5. The van der Waals surface area contributed by atoms with Gasteiger partial charge >= 0.3 is 5.97 Å². The standard InChI is InChI=1S/C16H24N2O2/c1-4-20-16(19)12-5-8-15(14(17)9-12)18(10-11(2)3)13-6-7-13/h5,8-9,11,13H,4,6-7,10,17H2,1-3H3. The number of nitrogens with zero attached hydrogens (tertiary/aromatic N) is 1. The quantitative estimate of drug-likeness (QED) is 0.641. The molecule has 4 heteroatoms. The van der Waals surface area contributed by atoms with Crippen LogP contribution in [0.4, 0.5) is 11.4 Å². The van der Waals surface area contributed by atoms with Gasteiger partial charge in [0.1, 0.15) is 0 Å². The van der Waals surface area contributed by atoms with Crippen LogP contribution in [0.5, 0.6) is 0 Å². The summed E-state index contributed by atoms with van der Waals surface area (Å²) in [5, 5.41) is 0. The average molecular weight is 276 g/mol. The van der Waals surface area contributed by atoms with Crippen LogP contribution in [0.3, 0.4) is 0 Å². The second-order valence-electron chi connectivity index (χ2n) is 5.77. The van der Waals surface area contributed by atoms with Crippen LogP contribution in [0.25, 0.3) is 0 Å². The van der Waals surface area contributed by atoms with Gasteiger partial charge < -0.3 is 15.4 Å². The summed E-state index contributed by atoms with van der Waals surface area (Å²) in [6.45, 7) is 7.58. The molecule has 1 aromatic carbocycles. The molecule has 0 saturated heterocycles. The molecule has 2 N–H and O–H groups in total. The number of hydrogen-bond acceptors (Lipinski definition) is 4. The molecule has 0 bridgehead atoms. The first-order valence-electron chi connectivity index (χ1n) is 7.36. The topological polar surface area (TPSA) is 55.6 Å². The SMILES string of the molecule is CCOC(=O)c1ccc(N(CC(C)C)C2CC2)c(N)c1. The number of benzene rings is 1. The van der Waals surface area contributed by atoms with Crippen LogP contribution < -0.4 is 10.6 Å². The summed E-state index contributed by atoms with van der Waals surface area (Å²) < 4.78 is 5.00. The van der Waals surface area contributed by atoms with E-state index in [0.29, 0.717) is 29.8 Å². The molecule has 0 radical (unpaired) electrons. The Hall–Kier alpha value is -1.71. The van der Waals surface area contributed by atoms with E-state index in [1.54, 1.807) is 19.1 Å². The molecule has 1 saturated carbocycles. The van der Waals surface area contributed by atoms with Gasteiger partial charge in [0.05, 0.1) is 23.5 Å². The molecule has 0 aliphatic heterocycles. The van der Waals surface area contributed by atoms with Crippen LogP contribution in [0.1, 0.15) is 44.0 Å². The van der Waals surface area contributed by atoms with Crippen molar-refractivity contribution in [1.29, 1.82) is 0 Å². The Morgan fingerprint density at radius 2 is 2.15 bits per heavy atom. The molecule has 0 amide bonds. The third-order valence-electron chi connectivity index (χ3n) is 3.40. The van der Waals surface area contributed by atoms with Gasteiger partial charge in [-0.15, -0.1) is 0 Å². The van der Waals surface area contributed by atoms with E-state index in [4.69, 9.17) is 10.5 Å². The zero-order valence-electron chi connectivity index (χ0n) is 12.6. The third-order valence-corrected chi connectivity index (χ3v) is 3.40. The summed E-state index contributed by atoms with van der Waals surface area (Å²) in [5.74, 6) is 0.271. The zero-order chi connectivity index (χ0) is 14.7.